The second kappa shape index (κ2) is 9.84. The van der Waals surface area contributed by atoms with Crippen molar-refractivity contribution in [1.82, 2.24) is 5.32 Å². The van der Waals surface area contributed by atoms with Gasteiger partial charge in [0.25, 0.3) is 0 Å². The summed E-state index contributed by atoms with van der Waals surface area (Å²) in [4.78, 5) is 12.8. The number of hydrogen-bond acceptors (Lipinski definition) is 5. The summed E-state index contributed by atoms with van der Waals surface area (Å²) in [6, 6.07) is 10.6. The molecule has 0 aliphatic carbocycles. The average Bonchev–Trinajstić information content (AvgIpc) is 2.71. The lowest BCUT2D eigenvalue weighted by Crippen LogP contribution is -2.41. The highest BCUT2D eigenvalue weighted by atomic mass is 32.2. The van der Waals surface area contributed by atoms with Gasteiger partial charge in [-0.3, -0.25) is 9.10 Å². The molecular weight excluding hydrogens is 404 g/mol. The van der Waals surface area contributed by atoms with E-state index in [2.05, 4.69) is 5.32 Å². The van der Waals surface area contributed by atoms with Crippen molar-refractivity contribution in [3.8, 4) is 11.5 Å². The molecule has 1 N–H and O–H groups in total. The minimum atomic E-state index is -3.75. The molecule has 164 valence electrons. The second-order valence-corrected chi connectivity index (χ2v) is 9.09. The van der Waals surface area contributed by atoms with Gasteiger partial charge in [0.1, 0.15) is 18.0 Å². The Kier molecular flexibility index (Phi) is 7.72. The molecule has 0 heterocycles. The van der Waals surface area contributed by atoms with Crippen molar-refractivity contribution in [2.75, 3.05) is 31.3 Å². The van der Waals surface area contributed by atoms with Crippen molar-refractivity contribution >= 4 is 21.6 Å². The molecule has 30 heavy (non-hydrogen) atoms. The molecule has 0 fully saturated rings. The van der Waals surface area contributed by atoms with Gasteiger partial charge in [-0.05, 0) is 49.1 Å². The molecule has 0 bridgehead atoms. The van der Waals surface area contributed by atoms with Crippen LogP contribution in [-0.2, 0) is 14.8 Å². The lowest BCUT2D eigenvalue weighted by Gasteiger charge is -2.26. The minimum absolute atomic E-state index is 0.217. The summed E-state index contributed by atoms with van der Waals surface area (Å²) < 4.78 is 36.5. The smallest absolute Gasteiger partial charge is 0.241 e. The molecule has 7 nitrogen and oxygen atoms in total. The van der Waals surface area contributed by atoms with Gasteiger partial charge in [-0.25, -0.2) is 8.42 Å². The molecule has 0 aromatic heterocycles. The molecule has 0 aliphatic heterocycles. The van der Waals surface area contributed by atoms with Crippen LogP contribution in [0, 0.1) is 13.8 Å². The van der Waals surface area contributed by atoms with E-state index in [9.17, 15) is 13.2 Å². The topological polar surface area (TPSA) is 84.9 Å². The molecule has 0 aliphatic rings. The fourth-order valence-electron chi connectivity index (χ4n) is 3.15. The van der Waals surface area contributed by atoms with E-state index < -0.39 is 15.9 Å². The zero-order valence-corrected chi connectivity index (χ0v) is 19.2. The van der Waals surface area contributed by atoms with E-state index in [0.29, 0.717) is 17.9 Å². The number of rotatable bonds is 9. The Hall–Kier alpha value is -2.74. The number of carbonyl (C=O) groups excluding carboxylic acids is 1. The maximum absolute atomic E-state index is 12.8. The molecule has 0 radical (unpaired) electrons. The minimum Gasteiger partial charge on any atom is -0.497 e. The largest absolute Gasteiger partial charge is 0.497 e. The highest BCUT2D eigenvalue weighted by Crippen LogP contribution is 2.33. The third-order valence-corrected chi connectivity index (χ3v) is 6.15. The van der Waals surface area contributed by atoms with E-state index in [1.807, 2.05) is 39.0 Å². The van der Waals surface area contributed by atoms with Gasteiger partial charge in [0.15, 0.2) is 0 Å². The third-order valence-electron chi connectivity index (χ3n) is 5.02. The van der Waals surface area contributed by atoms with E-state index in [1.54, 1.807) is 12.1 Å². The maximum Gasteiger partial charge on any atom is 0.241 e. The highest BCUT2D eigenvalue weighted by molar-refractivity contribution is 7.92. The molecule has 8 heteroatoms. The van der Waals surface area contributed by atoms with Gasteiger partial charge in [-0.2, -0.15) is 0 Å². The molecule has 0 saturated carbocycles. The summed E-state index contributed by atoms with van der Waals surface area (Å²) in [5, 5.41) is 2.95. The lowest BCUT2D eigenvalue weighted by atomic mass is 9.99. The van der Waals surface area contributed by atoms with E-state index in [1.165, 1.54) is 25.8 Å². The first-order chi connectivity index (χ1) is 14.1. The van der Waals surface area contributed by atoms with Gasteiger partial charge in [-0.1, -0.05) is 25.1 Å². The zero-order chi connectivity index (χ0) is 22.5. The number of aryl methyl sites for hydroxylation is 2. The van der Waals surface area contributed by atoms with Crippen molar-refractivity contribution in [2.24, 2.45) is 0 Å². The molecule has 0 saturated heterocycles. The fourth-order valence-corrected chi connectivity index (χ4v) is 4.00. The van der Waals surface area contributed by atoms with Gasteiger partial charge in [0, 0.05) is 6.07 Å². The number of carbonyl (C=O) groups is 1. The molecular formula is C22H30N2O5S. The molecule has 2 aromatic carbocycles. The van der Waals surface area contributed by atoms with E-state index in [4.69, 9.17) is 9.47 Å². The van der Waals surface area contributed by atoms with Crippen molar-refractivity contribution in [1.29, 1.82) is 0 Å². The van der Waals surface area contributed by atoms with Crippen LogP contribution in [0.15, 0.2) is 36.4 Å². The summed E-state index contributed by atoms with van der Waals surface area (Å²) in [5.74, 6) is 0.382. The van der Waals surface area contributed by atoms with Crippen LogP contribution in [0.4, 0.5) is 5.69 Å². The van der Waals surface area contributed by atoms with Crippen LogP contribution in [0.1, 0.15) is 36.1 Å². The van der Waals surface area contributed by atoms with E-state index in [0.717, 1.165) is 21.7 Å². The van der Waals surface area contributed by atoms with Crippen molar-refractivity contribution < 1.29 is 22.7 Å². The predicted octanol–water partition coefficient (Wildman–Crippen LogP) is 3.35. The van der Waals surface area contributed by atoms with Crippen molar-refractivity contribution in [2.45, 2.75) is 33.2 Å². The SMILES string of the molecule is CC[C@H](NC(=O)CN(c1cc(OC)ccc1OC)S(C)(=O)=O)c1ccc(C)c(C)c1. The lowest BCUT2D eigenvalue weighted by molar-refractivity contribution is -0.120. The molecule has 1 amide bonds. The molecule has 0 unspecified atom stereocenters. The Morgan fingerprint density at radius 2 is 1.77 bits per heavy atom. The standard InChI is InChI=1S/C22H30N2O5S/c1-7-19(17-9-8-15(2)16(3)12-17)23-22(25)14-24(30(6,26)27)20-13-18(28-4)10-11-21(20)29-5/h8-13,19H,7,14H2,1-6H3,(H,23,25)/t19-/m0/s1. The average molecular weight is 435 g/mol. The highest BCUT2D eigenvalue weighted by Gasteiger charge is 2.26. The summed E-state index contributed by atoms with van der Waals surface area (Å²) >= 11 is 0. The summed E-state index contributed by atoms with van der Waals surface area (Å²) in [6.45, 7) is 5.65. The first kappa shape index (κ1) is 23.5. The zero-order valence-electron chi connectivity index (χ0n) is 18.4. The van der Waals surface area contributed by atoms with Crippen LogP contribution in [0.25, 0.3) is 0 Å². The van der Waals surface area contributed by atoms with Gasteiger partial charge in [0.05, 0.1) is 32.2 Å². The maximum atomic E-state index is 12.8. The Bertz CT molecular complexity index is 1000. The summed E-state index contributed by atoms with van der Waals surface area (Å²) in [6.07, 6.45) is 1.73. The predicted molar refractivity (Wildman–Crippen MR) is 119 cm³/mol. The summed E-state index contributed by atoms with van der Waals surface area (Å²) in [7, 11) is -0.825. The number of amides is 1. The number of benzene rings is 2. The van der Waals surface area contributed by atoms with Crippen molar-refractivity contribution in [3.63, 3.8) is 0 Å². The molecule has 1 atom stereocenters. The number of methoxy groups -OCH3 is 2. The monoisotopic (exact) mass is 434 g/mol. The van der Waals surface area contributed by atoms with Crippen LogP contribution < -0.4 is 19.1 Å². The molecule has 0 spiro atoms. The van der Waals surface area contributed by atoms with Gasteiger partial charge >= 0.3 is 0 Å². The van der Waals surface area contributed by atoms with Crippen LogP contribution in [0.5, 0.6) is 11.5 Å². The second-order valence-electron chi connectivity index (χ2n) is 7.18. The van der Waals surface area contributed by atoms with Crippen LogP contribution >= 0.6 is 0 Å². The number of hydrogen-bond donors (Lipinski definition) is 1. The van der Waals surface area contributed by atoms with Crippen LogP contribution in [0.3, 0.4) is 0 Å². The Labute approximate surface area is 179 Å². The number of ether oxygens (including phenoxy) is 2. The Morgan fingerprint density at radius 3 is 2.30 bits per heavy atom. The van der Waals surface area contributed by atoms with Gasteiger partial charge in [0.2, 0.25) is 15.9 Å². The first-order valence-electron chi connectivity index (χ1n) is 9.67. The number of nitrogens with zero attached hydrogens (tertiary/aromatic N) is 1. The Morgan fingerprint density at radius 1 is 1.07 bits per heavy atom. The molecule has 2 aromatic rings. The van der Waals surface area contributed by atoms with E-state index in [-0.39, 0.29) is 18.3 Å². The number of nitrogens with one attached hydrogen (secondary N) is 1. The van der Waals surface area contributed by atoms with Gasteiger partial charge in [-0.15, -0.1) is 0 Å². The van der Waals surface area contributed by atoms with Crippen molar-refractivity contribution in [3.05, 3.63) is 53.1 Å². The first-order valence-corrected chi connectivity index (χ1v) is 11.5. The number of anilines is 1. The Balaban J connectivity index is 2.31. The van der Waals surface area contributed by atoms with Crippen LogP contribution in [-0.4, -0.2) is 41.3 Å². The summed E-state index contributed by atoms with van der Waals surface area (Å²) in [5.41, 5.74) is 3.54. The van der Waals surface area contributed by atoms with Crippen LogP contribution in [0.2, 0.25) is 0 Å². The quantitative estimate of drug-likeness (QED) is 0.654. The third kappa shape index (κ3) is 5.66. The number of sulfonamides is 1. The fraction of sp³-hybridized carbons (Fsp3) is 0.409. The molecule has 2 rings (SSSR count). The van der Waals surface area contributed by atoms with Gasteiger partial charge < -0.3 is 14.8 Å². The van der Waals surface area contributed by atoms with E-state index >= 15 is 0 Å². The normalized spacial score (nSPS) is 12.2.